The van der Waals surface area contributed by atoms with Gasteiger partial charge in [0.25, 0.3) is 0 Å². The van der Waals surface area contributed by atoms with Crippen LogP contribution in [-0.4, -0.2) is 22.4 Å². The smallest absolute Gasteiger partial charge is 0.224 e. The molecule has 0 aliphatic heterocycles. The summed E-state index contributed by atoms with van der Waals surface area (Å²) in [6.45, 7) is 3.76. The third-order valence-electron chi connectivity index (χ3n) is 2.18. The van der Waals surface area contributed by atoms with E-state index in [4.69, 9.17) is 23.1 Å². The van der Waals surface area contributed by atoms with Gasteiger partial charge in [0.05, 0.1) is 5.41 Å². The number of hydrogen-bond donors (Lipinski definition) is 3. The number of hydrogen-bond acceptors (Lipinski definition) is 5. The van der Waals surface area contributed by atoms with E-state index in [0.717, 1.165) is 0 Å². The number of halogens is 1. The molecule has 1 heterocycles. The molecule has 5 N–H and O–H groups in total. The average molecular weight is 244 g/mol. The van der Waals surface area contributed by atoms with Gasteiger partial charge in [0.15, 0.2) is 0 Å². The van der Waals surface area contributed by atoms with Gasteiger partial charge in [-0.25, -0.2) is 9.97 Å². The highest BCUT2D eigenvalue weighted by Crippen LogP contribution is 2.24. The van der Waals surface area contributed by atoms with E-state index in [1.807, 2.05) is 0 Å². The third kappa shape index (κ3) is 2.73. The molecule has 0 spiro atoms. The van der Waals surface area contributed by atoms with Crippen molar-refractivity contribution in [1.82, 2.24) is 9.97 Å². The Hall–Kier alpha value is -1.56. The van der Waals surface area contributed by atoms with Crippen LogP contribution in [0.3, 0.4) is 0 Å². The van der Waals surface area contributed by atoms with Crippen molar-refractivity contribution in [2.24, 2.45) is 11.1 Å². The van der Waals surface area contributed by atoms with Crippen LogP contribution in [0.5, 0.6) is 0 Å². The minimum absolute atomic E-state index is 0.191. The largest absolute Gasteiger partial charge is 0.382 e. The van der Waals surface area contributed by atoms with Crippen molar-refractivity contribution in [2.45, 2.75) is 13.8 Å². The average Bonchev–Trinajstić information content (AvgIpc) is 2.20. The van der Waals surface area contributed by atoms with Gasteiger partial charge in [0, 0.05) is 6.54 Å². The number of carbonyl (C=O) groups excluding carboxylic acids is 1. The van der Waals surface area contributed by atoms with E-state index in [1.165, 1.54) is 6.33 Å². The predicted octanol–water partition coefficient (Wildman–Crippen LogP) is 0.636. The minimum atomic E-state index is -0.691. The van der Waals surface area contributed by atoms with Gasteiger partial charge < -0.3 is 16.8 Å². The maximum Gasteiger partial charge on any atom is 0.224 e. The van der Waals surface area contributed by atoms with Crippen LogP contribution >= 0.6 is 11.6 Å². The van der Waals surface area contributed by atoms with Crippen molar-refractivity contribution >= 4 is 29.1 Å². The molecule has 88 valence electrons. The maximum absolute atomic E-state index is 11.1. The van der Waals surface area contributed by atoms with Crippen LogP contribution < -0.4 is 16.8 Å². The van der Waals surface area contributed by atoms with E-state index in [-0.39, 0.29) is 10.8 Å². The molecule has 7 heteroatoms. The van der Waals surface area contributed by atoms with E-state index >= 15 is 0 Å². The highest BCUT2D eigenvalue weighted by molar-refractivity contribution is 6.35. The van der Waals surface area contributed by atoms with Crippen LogP contribution in [0, 0.1) is 5.41 Å². The Bertz CT molecular complexity index is 407. The standard InChI is InChI=1S/C9H14ClN5O/c1-9(2,8(12)16)3-13-7-5(10)6(11)14-4-15-7/h4H,3H2,1-2H3,(H2,12,16)(H3,11,13,14,15). The van der Waals surface area contributed by atoms with Crippen LogP contribution in [0.2, 0.25) is 5.02 Å². The third-order valence-corrected chi connectivity index (χ3v) is 2.55. The first-order chi connectivity index (χ1) is 7.34. The highest BCUT2D eigenvalue weighted by Gasteiger charge is 2.25. The number of carbonyl (C=O) groups is 1. The van der Waals surface area contributed by atoms with E-state index in [1.54, 1.807) is 13.8 Å². The zero-order valence-electron chi connectivity index (χ0n) is 9.12. The van der Waals surface area contributed by atoms with Crippen molar-refractivity contribution in [3.8, 4) is 0 Å². The molecular formula is C9H14ClN5O. The quantitative estimate of drug-likeness (QED) is 0.719. The Morgan fingerprint density at radius 1 is 1.56 bits per heavy atom. The summed E-state index contributed by atoms with van der Waals surface area (Å²) >= 11 is 5.87. The first-order valence-electron chi connectivity index (χ1n) is 4.64. The maximum atomic E-state index is 11.1. The molecule has 0 unspecified atom stereocenters. The number of nitrogens with zero attached hydrogens (tertiary/aromatic N) is 2. The number of anilines is 2. The molecular weight excluding hydrogens is 230 g/mol. The number of nitrogens with two attached hydrogens (primary N) is 2. The van der Waals surface area contributed by atoms with Crippen molar-refractivity contribution in [1.29, 1.82) is 0 Å². The fraction of sp³-hybridized carbons (Fsp3) is 0.444. The molecule has 1 rings (SSSR count). The fourth-order valence-electron chi connectivity index (χ4n) is 0.899. The van der Waals surface area contributed by atoms with Gasteiger partial charge in [-0.2, -0.15) is 0 Å². The summed E-state index contributed by atoms with van der Waals surface area (Å²) in [5.41, 5.74) is 10.0. The van der Waals surface area contributed by atoms with E-state index in [9.17, 15) is 4.79 Å². The Labute approximate surface area is 98.4 Å². The second-order valence-electron chi connectivity index (χ2n) is 4.02. The van der Waals surface area contributed by atoms with Crippen molar-refractivity contribution in [3.05, 3.63) is 11.3 Å². The minimum Gasteiger partial charge on any atom is -0.382 e. The fourth-order valence-corrected chi connectivity index (χ4v) is 1.06. The van der Waals surface area contributed by atoms with Gasteiger partial charge in [-0.1, -0.05) is 11.6 Å². The first-order valence-corrected chi connectivity index (χ1v) is 5.02. The summed E-state index contributed by atoms with van der Waals surface area (Å²) in [5.74, 6) is 0.178. The number of rotatable bonds is 4. The summed E-state index contributed by atoms with van der Waals surface area (Å²) in [6.07, 6.45) is 1.29. The van der Waals surface area contributed by atoms with Gasteiger partial charge in [0.1, 0.15) is 23.0 Å². The van der Waals surface area contributed by atoms with Crippen molar-refractivity contribution in [2.75, 3.05) is 17.6 Å². The molecule has 1 amide bonds. The summed E-state index contributed by atoms with van der Waals surface area (Å²) in [5, 5.41) is 3.15. The van der Waals surface area contributed by atoms with Gasteiger partial charge in [-0.15, -0.1) is 0 Å². The Kier molecular flexibility index (Phi) is 3.54. The summed E-state index contributed by atoms with van der Waals surface area (Å²) in [7, 11) is 0. The molecule has 0 aliphatic carbocycles. The first kappa shape index (κ1) is 12.5. The Balaban J connectivity index is 2.76. The molecule has 0 radical (unpaired) electrons. The summed E-state index contributed by atoms with van der Waals surface area (Å²) < 4.78 is 0. The lowest BCUT2D eigenvalue weighted by Crippen LogP contribution is -2.37. The number of nitrogens with one attached hydrogen (secondary N) is 1. The molecule has 1 aromatic heterocycles. The van der Waals surface area contributed by atoms with Gasteiger partial charge in [-0.3, -0.25) is 4.79 Å². The summed E-state index contributed by atoms with van der Waals surface area (Å²) in [4.78, 5) is 18.7. The van der Waals surface area contributed by atoms with E-state index < -0.39 is 11.3 Å². The van der Waals surface area contributed by atoms with Crippen LogP contribution in [0.15, 0.2) is 6.33 Å². The van der Waals surface area contributed by atoms with Crippen LogP contribution in [0.1, 0.15) is 13.8 Å². The molecule has 16 heavy (non-hydrogen) atoms. The van der Waals surface area contributed by atoms with Crippen LogP contribution in [0.25, 0.3) is 0 Å². The normalized spacial score (nSPS) is 11.2. The molecule has 0 fully saturated rings. The molecule has 0 saturated heterocycles. The molecule has 0 atom stereocenters. The molecule has 0 aromatic carbocycles. The number of primary amides is 1. The SMILES string of the molecule is CC(C)(CNc1ncnc(N)c1Cl)C(N)=O. The van der Waals surface area contributed by atoms with Crippen LogP contribution in [0.4, 0.5) is 11.6 Å². The molecule has 1 aromatic rings. The van der Waals surface area contributed by atoms with Gasteiger partial charge in [-0.05, 0) is 13.8 Å². The molecule has 0 aliphatic rings. The lowest BCUT2D eigenvalue weighted by atomic mass is 9.93. The van der Waals surface area contributed by atoms with E-state index in [0.29, 0.717) is 12.4 Å². The zero-order chi connectivity index (χ0) is 12.3. The van der Waals surface area contributed by atoms with Gasteiger partial charge in [0.2, 0.25) is 5.91 Å². The number of aromatic nitrogens is 2. The number of nitrogen functional groups attached to an aromatic ring is 1. The second-order valence-corrected chi connectivity index (χ2v) is 4.40. The van der Waals surface area contributed by atoms with Crippen molar-refractivity contribution in [3.63, 3.8) is 0 Å². The Morgan fingerprint density at radius 2 is 2.19 bits per heavy atom. The zero-order valence-corrected chi connectivity index (χ0v) is 9.88. The second kappa shape index (κ2) is 4.52. The predicted molar refractivity (Wildman–Crippen MR) is 62.9 cm³/mol. The van der Waals surface area contributed by atoms with Crippen molar-refractivity contribution < 1.29 is 4.79 Å². The lowest BCUT2D eigenvalue weighted by molar-refractivity contribution is -0.125. The topological polar surface area (TPSA) is 107 Å². The lowest BCUT2D eigenvalue weighted by Gasteiger charge is -2.21. The van der Waals surface area contributed by atoms with Gasteiger partial charge >= 0.3 is 0 Å². The summed E-state index contributed by atoms with van der Waals surface area (Å²) in [6, 6.07) is 0. The molecule has 0 bridgehead atoms. The van der Waals surface area contributed by atoms with E-state index in [2.05, 4.69) is 15.3 Å². The van der Waals surface area contributed by atoms with Crippen LogP contribution in [-0.2, 0) is 4.79 Å². The highest BCUT2D eigenvalue weighted by atomic mass is 35.5. The number of amides is 1. The monoisotopic (exact) mass is 243 g/mol. The Morgan fingerprint density at radius 3 is 2.75 bits per heavy atom. The molecule has 0 saturated carbocycles. The molecule has 6 nitrogen and oxygen atoms in total.